The van der Waals surface area contributed by atoms with Gasteiger partial charge in [0.15, 0.2) is 0 Å². The van der Waals surface area contributed by atoms with E-state index in [4.69, 9.17) is 0 Å². The molecule has 1 heteroatoms. The summed E-state index contributed by atoms with van der Waals surface area (Å²) in [5.41, 5.74) is 0. The van der Waals surface area contributed by atoms with E-state index in [2.05, 4.69) is 29.8 Å². The van der Waals surface area contributed by atoms with Gasteiger partial charge >= 0.3 is 0 Å². The average Bonchev–Trinajstić information content (AvgIpc) is 2.75. The maximum atomic E-state index is 3.93. The molecule has 0 fully saturated rings. The first-order chi connectivity index (χ1) is 14.8. The lowest BCUT2D eigenvalue weighted by molar-refractivity contribution is 0.521. The number of unbranched alkanes of at least 4 members (excludes halogenated alkanes) is 22. The van der Waals surface area contributed by atoms with Gasteiger partial charge in [-0.05, 0) is 12.8 Å². The van der Waals surface area contributed by atoms with Crippen molar-refractivity contribution in [3.63, 3.8) is 0 Å². The molecule has 0 saturated carbocycles. The Hall–Kier alpha value is 0.480. The zero-order valence-electron chi connectivity index (χ0n) is 21.3. The molecule has 1 unspecified atom stereocenters. The molecule has 0 aliphatic heterocycles. The first-order valence-electron chi connectivity index (χ1n) is 14.4. The van der Waals surface area contributed by atoms with Gasteiger partial charge in [0.25, 0.3) is 0 Å². The van der Waals surface area contributed by atoms with Crippen molar-refractivity contribution in [2.45, 2.75) is 186 Å². The molecule has 1 atom stereocenters. The van der Waals surface area contributed by atoms with Crippen LogP contribution in [0.1, 0.15) is 181 Å². The summed E-state index contributed by atoms with van der Waals surface area (Å²) in [4.78, 5) is 0.781. The van der Waals surface area contributed by atoms with Gasteiger partial charge in [0.2, 0.25) is 0 Å². The fraction of sp³-hybridized carbons (Fsp3) is 1.00. The predicted molar refractivity (Wildman–Crippen MR) is 144 cm³/mol. The number of hydrogen-bond donors (Lipinski definition) is 0. The Balaban J connectivity index is 3.12. The van der Waals surface area contributed by atoms with Crippen molar-refractivity contribution in [2.24, 2.45) is 0 Å². The van der Waals surface area contributed by atoms with Crippen LogP contribution >= 0.6 is 15.9 Å². The maximum absolute atomic E-state index is 3.93. The summed E-state index contributed by atoms with van der Waals surface area (Å²) in [6.07, 6.45) is 37.8. The Bertz CT molecular complexity index is 288. The van der Waals surface area contributed by atoms with Gasteiger partial charge in [0.1, 0.15) is 0 Å². The molecule has 0 aromatic rings. The second-order valence-electron chi connectivity index (χ2n) is 9.95. The van der Waals surface area contributed by atoms with Gasteiger partial charge in [-0.3, -0.25) is 0 Å². The molecule has 0 N–H and O–H groups in total. The van der Waals surface area contributed by atoms with Crippen molar-refractivity contribution in [3.05, 3.63) is 0 Å². The predicted octanol–water partition coefficient (Wildman–Crippen LogP) is 11.9. The third-order valence-corrected chi connectivity index (χ3v) is 7.66. The average molecular weight is 488 g/mol. The van der Waals surface area contributed by atoms with Gasteiger partial charge < -0.3 is 0 Å². The topological polar surface area (TPSA) is 0 Å². The monoisotopic (exact) mass is 486 g/mol. The molecule has 0 aliphatic carbocycles. The molecule has 0 amide bonds. The van der Waals surface area contributed by atoms with Crippen LogP contribution in [0.3, 0.4) is 0 Å². The first kappa shape index (κ1) is 30.5. The second-order valence-corrected chi connectivity index (χ2v) is 11.2. The number of alkyl halides is 1. The molecule has 30 heavy (non-hydrogen) atoms. The van der Waals surface area contributed by atoms with E-state index in [1.807, 2.05) is 0 Å². The highest BCUT2D eigenvalue weighted by molar-refractivity contribution is 9.09. The lowest BCUT2D eigenvalue weighted by Crippen LogP contribution is -1.97. The van der Waals surface area contributed by atoms with E-state index in [1.54, 1.807) is 0 Å². The van der Waals surface area contributed by atoms with Gasteiger partial charge in [0.05, 0.1) is 0 Å². The van der Waals surface area contributed by atoms with Crippen LogP contribution in [-0.2, 0) is 0 Å². The van der Waals surface area contributed by atoms with Crippen LogP contribution in [0.5, 0.6) is 0 Å². The van der Waals surface area contributed by atoms with E-state index >= 15 is 0 Å². The Morgan fingerprint density at radius 1 is 0.333 bits per heavy atom. The Kier molecular flexibility index (Phi) is 28.0. The van der Waals surface area contributed by atoms with Gasteiger partial charge in [-0.2, -0.15) is 0 Å². The molecule has 0 radical (unpaired) electrons. The molecule has 0 nitrogen and oxygen atoms in total. The van der Waals surface area contributed by atoms with Crippen LogP contribution in [0, 0.1) is 0 Å². The Morgan fingerprint density at radius 2 is 0.533 bits per heavy atom. The van der Waals surface area contributed by atoms with Crippen molar-refractivity contribution in [1.82, 2.24) is 0 Å². The SMILES string of the molecule is CCCCCCCCCCCCCCCCC(Br)CCCCCCCCCCCC. The van der Waals surface area contributed by atoms with E-state index in [0.717, 1.165) is 4.83 Å². The smallest absolute Gasteiger partial charge is 0.0145 e. The van der Waals surface area contributed by atoms with Gasteiger partial charge in [-0.15, -0.1) is 0 Å². The van der Waals surface area contributed by atoms with E-state index in [1.165, 1.54) is 167 Å². The van der Waals surface area contributed by atoms with Crippen LogP contribution in [0.15, 0.2) is 0 Å². The van der Waals surface area contributed by atoms with Crippen molar-refractivity contribution < 1.29 is 0 Å². The summed E-state index contributed by atoms with van der Waals surface area (Å²) < 4.78 is 0. The van der Waals surface area contributed by atoms with Crippen LogP contribution in [0.2, 0.25) is 0 Å². The molecule has 0 bridgehead atoms. The Labute approximate surface area is 201 Å². The highest BCUT2D eigenvalue weighted by Crippen LogP contribution is 2.20. The summed E-state index contributed by atoms with van der Waals surface area (Å²) in [6.45, 7) is 4.61. The lowest BCUT2D eigenvalue weighted by Gasteiger charge is -2.09. The standard InChI is InChI=1S/C29H59Br/c1-3-5-7-9-11-13-15-16-17-18-20-22-24-26-28-29(30)27-25-23-21-19-14-12-10-8-6-4-2/h29H,3-28H2,1-2H3. The summed E-state index contributed by atoms with van der Waals surface area (Å²) in [5, 5.41) is 0. The molecule has 0 saturated heterocycles. The van der Waals surface area contributed by atoms with Gasteiger partial charge in [0, 0.05) is 4.83 Å². The molecular formula is C29H59Br. The minimum absolute atomic E-state index is 0.781. The molecule has 0 aliphatic rings. The highest BCUT2D eigenvalue weighted by Gasteiger charge is 2.04. The van der Waals surface area contributed by atoms with Crippen LogP contribution in [0.25, 0.3) is 0 Å². The fourth-order valence-electron chi connectivity index (χ4n) is 4.56. The summed E-state index contributed by atoms with van der Waals surface area (Å²) in [6, 6.07) is 0. The fourth-order valence-corrected chi connectivity index (χ4v) is 5.21. The minimum atomic E-state index is 0.781. The number of halogens is 1. The summed E-state index contributed by atoms with van der Waals surface area (Å²) >= 11 is 3.93. The normalized spacial score (nSPS) is 12.5. The molecule has 0 aromatic heterocycles. The van der Waals surface area contributed by atoms with E-state index in [9.17, 15) is 0 Å². The largest absolute Gasteiger partial charge is 0.0891 e. The van der Waals surface area contributed by atoms with Gasteiger partial charge in [-0.1, -0.05) is 184 Å². The quantitative estimate of drug-likeness (QED) is 0.0840. The van der Waals surface area contributed by atoms with Crippen molar-refractivity contribution in [3.8, 4) is 0 Å². The molecule has 0 heterocycles. The molecule has 0 aromatic carbocycles. The number of hydrogen-bond acceptors (Lipinski definition) is 0. The first-order valence-corrected chi connectivity index (χ1v) is 15.4. The van der Waals surface area contributed by atoms with Crippen molar-refractivity contribution in [2.75, 3.05) is 0 Å². The number of rotatable bonds is 26. The second kappa shape index (κ2) is 27.5. The van der Waals surface area contributed by atoms with Gasteiger partial charge in [-0.25, -0.2) is 0 Å². The van der Waals surface area contributed by atoms with Crippen LogP contribution in [0.4, 0.5) is 0 Å². The molecule has 182 valence electrons. The van der Waals surface area contributed by atoms with Crippen LogP contribution < -0.4 is 0 Å². The molecular weight excluding hydrogens is 428 g/mol. The summed E-state index contributed by atoms with van der Waals surface area (Å²) in [5.74, 6) is 0. The third kappa shape index (κ3) is 26.5. The Morgan fingerprint density at radius 3 is 0.767 bits per heavy atom. The zero-order valence-corrected chi connectivity index (χ0v) is 22.9. The van der Waals surface area contributed by atoms with Crippen molar-refractivity contribution in [1.29, 1.82) is 0 Å². The summed E-state index contributed by atoms with van der Waals surface area (Å²) in [7, 11) is 0. The van der Waals surface area contributed by atoms with Crippen molar-refractivity contribution >= 4 is 15.9 Å². The lowest BCUT2D eigenvalue weighted by atomic mass is 10.0. The van der Waals surface area contributed by atoms with E-state index in [0.29, 0.717) is 0 Å². The third-order valence-electron chi connectivity index (χ3n) is 6.74. The molecule has 0 spiro atoms. The molecule has 0 rings (SSSR count). The van der Waals surface area contributed by atoms with Crippen LogP contribution in [-0.4, -0.2) is 4.83 Å². The minimum Gasteiger partial charge on any atom is -0.0891 e. The highest BCUT2D eigenvalue weighted by atomic mass is 79.9. The van der Waals surface area contributed by atoms with E-state index in [-0.39, 0.29) is 0 Å². The maximum Gasteiger partial charge on any atom is 0.0145 e. The van der Waals surface area contributed by atoms with E-state index < -0.39 is 0 Å². The zero-order chi connectivity index (χ0) is 22.0.